The number of aliphatic hydroxyl groups excluding tert-OH is 1. The van der Waals surface area contributed by atoms with Gasteiger partial charge in [-0.1, -0.05) is 10.4 Å². The second-order valence-corrected chi connectivity index (χ2v) is 5.85. The molecule has 0 radical (unpaired) electrons. The fourth-order valence-corrected chi connectivity index (χ4v) is 3.19. The summed E-state index contributed by atoms with van der Waals surface area (Å²) in [5, 5.41) is 24.7. The zero-order valence-electron chi connectivity index (χ0n) is 11.0. The first kappa shape index (κ1) is 13.6. The summed E-state index contributed by atoms with van der Waals surface area (Å²) in [6.07, 6.45) is 3.78. The van der Waals surface area contributed by atoms with Crippen molar-refractivity contribution in [1.29, 1.82) is 0 Å². The molecular formula is C12H17N5O2S. The lowest BCUT2D eigenvalue weighted by Crippen LogP contribution is -2.30. The average Bonchev–Trinajstić information content (AvgIpc) is 3.09. The number of nitrogens with zero attached hydrogens (tertiary/aromatic N) is 4. The number of nitrogens with one attached hydrogen (secondary N) is 1. The molecule has 2 N–H and O–H groups in total. The standard InChI is InChI=1S/C12H17N5O2S/c18-9(7-17-3-2-14-16-17)5-13-6-11-10-8-20-4-1-12(10)19-15-11/h2-3,9,13,18H,1,4-8H2. The molecule has 0 spiro atoms. The van der Waals surface area contributed by atoms with E-state index in [1.165, 1.54) is 5.56 Å². The highest BCUT2D eigenvalue weighted by Crippen LogP contribution is 2.27. The van der Waals surface area contributed by atoms with Crippen molar-refractivity contribution in [1.82, 2.24) is 25.5 Å². The largest absolute Gasteiger partial charge is 0.390 e. The molecule has 1 aliphatic heterocycles. The molecule has 0 aromatic carbocycles. The van der Waals surface area contributed by atoms with Gasteiger partial charge >= 0.3 is 0 Å². The highest BCUT2D eigenvalue weighted by Gasteiger charge is 2.19. The minimum Gasteiger partial charge on any atom is -0.390 e. The Morgan fingerprint density at radius 1 is 1.55 bits per heavy atom. The lowest BCUT2D eigenvalue weighted by Gasteiger charge is -2.12. The number of aliphatic hydroxyl groups is 1. The van der Waals surface area contributed by atoms with Crippen LogP contribution in [0.1, 0.15) is 17.0 Å². The van der Waals surface area contributed by atoms with E-state index in [4.69, 9.17) is 4.52 Å². The fourth-order valence-electron chi connectivity index (χ4n) is 2.19. The molecule has 2 aromatic heterocycles. The maximum Gasteiger partial charge on any atom is 0.141 e. The average molecular weight is 295 g/mol. The van der Waals surface area contributed by atoms with E-state index in [1.54, 1.807) is 17.1 Å². The Hall–Kier alpha value is -1.38. The molecule has 3 heterocycles. The predicted octanol–water partition coefficient (Wildman–Crippen LogP) is 0.206. The van der Waals surface area contributed by atoms with Crippen LogP contribution in [0.2, 0.25) is 0 Å². The Kier molecular flexibility index (Phi) is 4.34. The zero-order chi connectivity index (χ0) is 13.8. The number of hydrogen-bond acceptors (Lipinski definition) is 7. The second-order valence-electron chi connectivity index (χ2n) is 4.74. The Morgan fingerprint density at radius 3 is 3.35 bits per heavy atom. The van der Waals surface area contributed by atoms with Crippen molar-refractivity contribution in [2.75, 3.05) is 12.3 Å². The van der Waals surface area contributed by atoms with Crippen molar-refractivity contribution in [3.8, 4) is 0 Å². The highest BCUT2D eigenvalue weighted by molar-refractivity contribution is 7.98. The van der Waals surface area contributed by atoms with Gasteiger partial charge in [-0.15, -0.1) is 5.10 Å². The summed E-state index contributed by atoms with van der Waals surface area (Å²) in [6.45, 7) is 1.53. The molecule has 0 fully saturated rings. The molecule has 2 aromatic rings. The van der Waals surface area contributed by atoms with Gasteiger partial charge in [-0.25, -0.2) is 4.68 Å². The minimum atomic E-state index is -0.506. The van der Waals surface area contributed by atoms with Crippen LogP contribution < -0.4 is 5.32 Å². The van der Waals surface area contributed by atoms with Crippen LogP contribution in [0.5, 0.6) is 0 Å². The summed E-state index contributed by atoms with van der Waals surface area (Å²) in [4.78, 5) is 0. The third-order valence-electron chi connectivity index (χ3n) is 3.21. The molecule has 3 rings (SSSR count). The number of hydrogen-bond donors (Lipinski definition) is 2. The normalized spacial score (nSPS) is 16.1. The van der Waals surface area contributed by atoms with Crippen LogP contribution in [0.3, 0.4) is 0 Å². The van der Waals surface area contributed by atoms with Gasteiger partial charge in [-0.05, 0) is 0 Å². The molecule has 7 nitrogen and oxygen atoms in total. The Balaban J connectivity index is 1.46. The van der Waals surface area contributed by atoms with E-state index < -0.39 is 6.10 Å². The second kappa shape index (κ2) is 6.38. The fraction of sp³-hybridized carbons (Fsp3) is 0.583. The van der Waals surface area contributed by atoms with Gasteiger partial charge in [0.1, 0.15) is 11.5 Å². The smallest absolute Gasteiger partial charge is 0.141 e. The molecule has 0 aliphatic carbocycles. The third-order valence-corrected chi connectivity index (χ3v) is 4.20. The van der Waals surface area contributed by atoms with Gasteiger partial charge in [-0.3, -0.25) is 0 Å². The van der Waals surface area contributed by atoms with Crippen LogP contribution >= 0.6 is 11.8 Å². The van der Waals surface area contributed by atoms with Gasteiger partial charge in [0.05, 0.1) is 18.8 Å². The lowest BCUT2D eigenvalue weighted by molar-refractivity contribution is 0.145. The summed E-state index contributed by atoms with van der Waals surface area (Å²) in [5.74, 6) is 3.09. The van der Waals surface area contributed by atoms with E-state index in [2.05, 4.69) is 20.8 Å². The summed E-state index contributed by atoms with van der Waals surface area (Å²) in [5.41, 5.74) is 2.18. The van der Waals surface area contributed by atoms with Gasteiger partial charge in [-0.2, -0.15) is 11.8 Å². The summed E-state index contributed by atoms with van der Waals surface area (Å²) in [7, 11) is 0. The van der Waals surface area contributed by atoms with Gasteiger partial charge in [0.15, 0.2) is 0 Å². The molecule has 0 amide bonds. The molecular weight excluding hydrogens is 278 g/mol. The maximum absolute atomic E-state index is 9.89. The van der Waals surface area contributed by atoms with E-state index in [-0.39, 0.29) is 0 Å². The number of rotatable bonds is 6. The van der Waals surface area contributed by atoms with Crippen molar-refractivity contribution < 1.29 is 9.63 Å². The van der Waals surface area contributed by atoms with Crippen LogP contribution in [0.25, 0.3) is 0 Å². The van der Waals surface area contributed by atoms with E-state index in [0.717, 1.165) is 29.4 Å². The van der Waals surface area contributed by atoms with Crippen molar-refractivity contribution in [3.63, 3.8) is 0 Å². The SMILES string of the molecule is OC(CNCc1noc2c1CSCC2)Cn1ccnn1. The summed E-state index contributed by atoms with van der Waals surface area (Å²) >= 11 is 1.90. The number of aryl methyl sites for hydroxylation is 1. The molecule has 0 saturated heterocycles. The molecule has 108 valence electrons. The summed E-state index contributed by atoms with van der Waals surface area (Å²) < 4.78 is 6.95. The van der Waals surface area contributed by atoms with Crippen molar-refractivity contribution >= 4 is 11.8 Å². The Morgan fingerprint density at radius 2 is 2.50 bits per heavy atom. The zero-order valence-corrected chi connectivity index (χ0v) is 11.8. The van der Waals surface area contributed by atoms with Crippen molar-refractivity contribution in [2.45, 2.75) is 31.4 Å². The van der Waals surface area contributed by atoms with E-state index >= 15 is 0 Å². The Labute approximate surface area is 120 Å². The van der Waals surface area contributed by atoms with Crippen molar-refractivity contribution in [3.05, 3.63) is 29.4 Å². The maximum atomic E-state index is 9.89. The topological polar surface area (TPSA) is 89.0 Å². The number of fused-ring (bicyclic) bond motifs is 1. The van der Waals surface area contributed by atoms with Gasteiger partial charge in [0.25, 0.3) is 0 Å². The van der Waals surface area contributed by atoms with Gasteiger partial charge in [0.2, 0.25) is 0 Å². The third kappa shape index (κ3) is 3.20. The van der Waals surface area contributed by atoms with E-state index in [0.29, 0.717) is 19.6 Å². The first-order valence-corrected chi connectivity index (χ1v) is 7.75. The molecule has 8 heteroatoms. The molecule has 0 saturated carbocycles. The first-order valence-electron chi connectivity index (χ1n) is 6.60. The van der Waals surface area contributed by atoms with Gasteiger partial charge in [0, 0.05) is 42.8 Å². The Bertz CT molecular complexity index is 542. The van der Waals surface area contributed by atoms with Crippen LogP contribution in [0, 0.1) is 0 Å². The lowest BCUT2D eigenvalue weighted by atomic mass is 10.1. The van der Waals surface area contributed by atoms with Crippen LogP contribution in [-0.4, -0.2) is 43.7 Å². The van der Waals surface area contributed by atoms with Crippen LogP contribution in [-0.2, 0) is 25.3 Å². The number of thioether (sulfide) groups is 1. The number of aromatic nitrogens is 4. The molecule has 1 unspecified atom stereocenters. The van der Waals surface area contributed by atoms with Crippen LogP contribution in [0.4, 0.5) is 0 Å². The predicted molar refractivity (Wildman–Crippen MR) is 74.1 cm³/mol. The molecule has 1 atom stereocenters. The van der Waals surface area contributed by atoms with E-state index in [1.807, 2.05) is 11.8 Å². The highest BCUT2D eigenvalue weighted by atomic mass is 32.2. The van der Waals surface area contributed by atoms with E-state index in [9.17, 15) is 5.11 Å². The van der Waals surface area contributed by atoms with Crippen molar-refractivity contribution in [2.24, 2.45) is 0 Å². The molecule has 0 bridgehead atoms. The quantitative estimate of drug-likeness (QED) is 0.787. The minimum absolute atomic E-state index is 0.430. The van der Waals surface area contributed by atoms with Gasteiger partial charge < -0.3 is 14.9 Å². The van der Waals surface area contributed by atoms with Crippen LogP contribution in [0.15, 0.2) is 16.9 Å². The monoisotopic (exact) mass is 295 g/mol. The first-order chi connectivity index (χ1) is 9.83. The molecule has 20 heavy (non-hydrogen) atoms. The molecule has 1 aliphatic rings. The summed E-state index contributed by atoms with van der Waals surface area (Å²) in [6, 6.07) is 0.